The zero-order chi connectivity index (χ0) is 44.7. The molecule has 10 rings (SSSR count). The van der Waals surface area contributed by atoms with Crippen LogP contribution in [0.5, 0.6) is 17.2 Å². The van der Waals surface area contributed by atoms with Crippen molar-refractivity contribution in [3.8, 4) is 17.2 Å². The number of rotatable bonds is 12. The first-order chi connectivity index (χ1) is 31.7. The van der Waals surface area contributed by atoms with E-state index >= 15 is 0 Å². The summed E-state index contributed by atoms with van der Waals surface area (Å²) in [7, 11) is 3.11. The Morgan fingerprint density at radius 2 is 1.66 bits per heavy atom. The zero-order valence-corrected chi connectivity index (χ0v) is 36.8. The number of amides is 3. The molecule has 5 aliphatic rings. The number of carbonyl (C=O) groups excluding carboxylic acids is 4. The van der Waals surface area contributed by atoms with E-state index in [-0.39, 0.29) is 42.5 Å². The normalized spacial score (nSPS) is 19.8. The van der Waals surface area contributed by atoms with Crippen LogP contribution in [-0.4, -0.2) is 112 Å². The van der Waals surface area contributed by atoms with Crippen LogP contribution in [0, 0.1) is 0 Å². The van der Waals surface area contributed by atoms with Crippen LogP contribution in [0.4, 0.5) is 17.1 Å². The van der Waals surface area contributed by atoms with Crippen molar-refractivity contribution in [2.45, 2.75) is 82.3 Å². The molecular weight excluding hydrogens is 829 g/mol. The highest BCUT2D eigenvalue weighted by molar-refractivity contribution is 6.06. The van der Waals surface area contributed by atoms with E-state index in [4.69, 9.17) is 24.2 Å². The molecule has 1 spiro atoms. The maximum Gasteiger partial charge on any atom is 0.255 e. The number of methoxy groups -OCH3 is 2. The first kappa shape index (κ1) is 42.2. The zero-order valence-electron chi connectivity index (χ0n) is 36.8. The second-order valence-electron chi connectivity index (χ2n) is 17.6. The predicted molar refractivity (Wildman–Crippen MR) is 240 cm³/mol. The number of ketones is 1. The van der Waals surface area contributed by atoms with Crippen molar-refractivity contribution in [3.63, 3.8) is 0 Å². The van der Waals surface area contributed by atoms with Gasteiger partial charge >= 0.3 is 0 Å². The number of benzene rings is 2. The van der Waals surface area contributed by atoms with Crippen LogP contribution in [0.1, 0.15) is 95.7 Å². The van der Waals surface area contributed by atoms with Crippen LogP contribution < -0.4 is 24.4 Å². The number of azo groups is 1. The minimum Gasteiger partial charge on any atom is -0.493 e. The summed E-state index contributed by atoms with van der Waals surface area (Å²) in [6, 6.07) is 14.1. The van der Waals surface area contributed by atoms with Gasteiger partial charge in [-0.1, -0.05) is 25.3 Å². The number of Topliss-reactive ketones (excluding diaryl/α,β-unsaturated/α-hetero) is 1. The van der Waals surface area contributed by atoms with E-state index in [2.05, 4.69) is 47.0 Å². The van der Waals surface area contributed by atoms with Gasteiger partial charge in [0, 0.05) is 98.2 Å². The van der Waals surface area contributed by atoms with Gasteiger partial charge in [-0.25, -0.2) is 9.97 Å². The second kappa shape index (κ2) is 17.7. The van der Waals surface area contributed by atoms with E-state index in [9.17, 15) is 19.2 Å². The molecule has 4 aliphatic heterocycles. The largest absolute Gasteiger partial charge is 0.493 e. The molecule has 1 saturated carbocycles. The fourth-order valence-corrected chi connectivity index (χ4v) is 10.3. The van der Waals surface area contributed by atoms with E-state index < -0.39 is 11.9 Å². The molecular formula is C48H52N10O7. The molecule has 1 aliphatic carbocycles. The average Bonchev–Trinajstić information content (AvgIpc) is 3.89. The Bertz CT molecular complexity index is 2680. The van der Waals surface area contributed by atoms with Gasteiger partial charge in [0.05, 0.1) is 49.6 Å². The van der Waals surface area contributed by atoms with Crippen LogP contribution in [0.2, 0.25) is 0 Å². The third kappa shape index (κ3) is 8.17. The molecule has 7 heterocycles. The van der Waals surface area contributed by atoms with Gasteiger partial charge in [0.2, 0.25) is 17.6 Å². The number of nitrogens with zero attached hydrogens (tertiary/aromatic N) is 9. The first-order valence-electron chi connectivity index (χ1n) is 22.6. The molecule has 17 heteroatoms. The number of fused-ring (bicyclic) bond motifs is 5. The lowest BCUT2D eigenvalue weighted by Gasteiger charge is -2.42. The van der Waals surface area contributed by atoms with E-state index in [0.717, 1.165) is 73.6 Å². The molecule has 17 nitrogen and oxygen atoms in total. The number of carbonyl (C=O) groups is 4. The Kier molecular flexibility index (Phi) is 11.5. The van der Waals surface area contributed by atoms with Gasteiger partial charge in [-0.15, -0.1) is 0 Å². The molecule has 0 radical (unpaired) electrons. The molecule has 2 aromatic carbocycles. The van der Waals surface area contributed by atoms with Crippen LogP contribution >= 0.6 is 0 Å². The minimum atomic E-state index is -0.721. The van der Waals surface area contributed by atoms with Gasteiger partial charge < -0.3 is 28.6 Å². The quantitative estimate of drug-likeness (QED) is 0.107. The van der Waals surface area contributed by atoms with Crippen LogP contribution in [0.3, 0.4) is 0 Å². The SMILES string of the molecule is COc1cc(N=Nc2cccc3c2CN(C2CCC(=O)NC2=O)C3=O)cc(OC)c1OCCN1CCN(c2ccc(Cc3ncc4cc5n(c4n3)C3(CCCCC3)CCC5=O)nc2)CC1. The van der Waals surface area contributed by atoms with E-state index in [1.165, 1.54) is 24.2 Å². The van der Waals surface area contributed by atoms with Gasteiger partial charge in [0.25, 0.3) is 5.91 Å². The fraction of sp³-hybridized carbons (Fsp3) is 0.438. The van der Waals surface area contributed by atoms with Crippen molar-refractivity contribution >= 4 is 51.6 Å². The fourth-order valence-electron chi connectivity index (χ4n) is 10.3. The summed E-state index contributed by atoms with van der Waals surface area (Å²) in [5, 5.41) is 12.2. The summed E-state index contributed by atoms with van der Waals surface area (Å²) in [6.45, 7) is 4.72. The highest BCUT2D eigenvalue weighted by atomic mass is 16.5. The summed E-state index contributed by atoms with van der Waals surface area (Å²) < 4.78 is 20.0. The monoisotopic (exact) mass is 880 g/mol. The lowest BCUT2D eigenvalue weighted by molar-refractivity contribution is -0.136. The number of aromatic nitrogens is 4. The number of ether oxygens (including phenoxy) is 3. The van der Waals surface area contributed by atoms with E-state index in [0.29, 0.717) is 71.6 Å². The molecule has 336 valence electrons. The van der Waals surface area contributed by atoms with Gasteiger partial charge in [0.1, 0.15) is 24.1 Å². The predicted octanol–water partition coefficient (Wildman–Crippen LogP) is 6.45. The van der Waals surface area contributed by atoms with Crippen molar-refractivity contribution in [2.24, 2.45) is 10.2 Å². The van der Waals surface area contributed by atoms with Gasteiger partial charge in [-0.3, -0.25) is 34.4 Å². The number of piperidine rings is 1. The molecule has 3 aromatic heterocycles. The standard InChI is InChI=1S/C48H52N10O7/c1-63-40-24-32(53-54-36-8-6-7-34-35(36)29-57(47(34)62)37-11-12-43(60)52-46(37)61)25-41(64-2)44(40)65-22-21-55-17-19-56(20-18-55)33-10-9-31(49-28-33)26-42-50-27-30-23-38-39(59)13-16-48(14-4-3-5-15-48)58(38)45(30)51-42/h6-10,23-25,27-28,37H,3-5,11-22,26,29H2,1-2H3,(H,52,60,61). The molecule has 2 saturated heterocycles. The summed E-state index contributed by atoms with van der Waals surface area (Å²) in [4.78, 5) is 71.3. The Morgan fingerprint density at radius 1 is 0.862 bits per heavy atom. The average molecular weight is 881 g/mol. The first-order valence-corrected chi connectivity index (χ1v) is 22.6. The van der Waals surface area contributed by atoms with Gasteiger partial charge in [-0.05, 0) is 56.0 Å². The van der Waals surface area contributed by atoms with Gasteiger partial charge in [-0.2, -0.15) is 10.2 Å². The lowest BCUT2D eigenvalue weighted by Crippen LogP contribution is -2.52. The Hall–Kier alpha value is -6.75. The maximum absolute atomic E-state index is 13.3. The van der Waals surface area contributed by atoms with Crippen molar-refractivity contribution < 1.29 is 33.4 Å². The highest BCUT2D eigenvalue weighted by Gasteiger charge is 2.42. The molecule has 3 fully saturated rings. The van der Waals surface area contributed by atoms with Crippen LogP contribution in [0.15, 0.2) is 71.2 Å². The number of pyridine rings is 1. The number of nitrogens with one attached hydrogen (secondary N) is 1. The van der Waals surface area contributed by atoms with Crippen molar-refractivity contribution in [3.05, 3.63) is 89.3 Å². The molecule has 0 bridgehead atoms. The van der Waals surface area contributed by atoms with Gasteiger partial charge in [0.15, 0.2) is 17.3 Å². The minimum absolute atomic E-state index is 0.0132. The van der Waals surface area contributed by atoms with Crippen molar-refractivity contribution in [1.82, 2.24) is 34.6 Å². The number of hydrogen-bond donors (Lipinski definition) is 1. The Balaban J connectivity index is 0.732. The molecule has 1 N–H and O–H groups in total. The summed E-state index contributed by atoms with van der Waals surface area (Å²) in [5.41, 5.74) is 5.72. The van der Waals surface area contributed by atoms with Crippen LogP contribution in [-0.2, 0) is 28.1 Å². The summed E-state index contributed by atoms with van der Waals surface area (Å²) >= 11 is 0. The number of anilines is 1. The van der Waals surface area contributed by atoms with Crippen LogP contribution in [0.25, 0.3) is 11.0 Å². The third-order valence-electron chi connectivity index (χ3n) is 13.8. The molecule has 5 aromatic rings. The molecule has 3 amide bonds. The highest BCUT2D eigenvalue weighted by Crippen LogP contribution is 2.46. The van der Waals surface area contributed by atoms with Crippen molar-refractivity contribution in [2.75, 3.05) is 58.5 Å². The third-order valence-corrected chi connectivity index (χ3v) is 13.8. The molecule has 1 atom stereocenters. The maximum atomic E-state index is 13.3. The topological polar surface area (TPSA) is 186 Å². The second-order valence-corrected chi connectivity index (χ2v) is 17.6. The number of imide groups is 1. The number of hydrogen-bond acceptors (Lipinski definition) is 14. The lowest BCUT2D eigenvalue weighted by atomic mass is 9.75. The van der Waals surface area contributed by atoms with Crippen molar-refractivity contribution in [1.29, 1.82) is 0 Å². The smallest absolute Gasteiger partial charge is 0.255 e. The summed E-state index contributed by atoms with van der Waals surface area (Å²) in [5.74, 6) is 1.19. The Labute approximate surface area is 376 Å². The summed E-state index contributed by atoms with van der Waals surface area (Å²) in [6.07, 6.45) is 12.1. The van der Waals surface area contributed by atoms with E-state index in [1.807, 2.05) is 18.5 Å². The molecule has 65 heavy (non-hydrogen) atoms. The number of piperazine rings is 1. The molecule has 1 unspecified atom stereocenters. The van der Waals surface area contributed by atoms with E-state index in [1.54, 1.807) is 44.6 Å². The Morgan fingerprint density at radius 3 is 2.40 bits per heavy atom.